The summed E-state index contributed by atoms with van der Waals surface area (Å²) in [4.78, 5) is 20.4. The lowest BCUT2D eigenvalue weighted by atomic mass is 10.2. The van der Waals surface area contributed by atoms with Crippen LogP contribution in [0.2, 0.25) is 0 Å². The first kappa shape index (κ1) is 19.9. The van der Waals surface area contributed by atoms with Crippen molar-refractivity contribution >= 4 is 23.4 Å². The molecule has 3 aromatic rings. The standard InChI is InChI=1S/C18H16F3N5OS/c1-11-6-12(2)26(25-11)15-8-17(23-10-22-15)28-9-16(27)24-14-5-3-4-13(7-14)18(19,20)21/h3-8,10H,9H2,1-2H3,(H,24,27). The fourth-order valence-electron chi connectivity index (χ4n) is 2.50. The first-order valence-corrected chi connectivity index (χ1v) is 9.16. The highest BCUT2D eigenvalue weighted by Gasteiger charge is 2.30. The monoisotopic (exact) mass is 407 g/mol. The molecule has 3 rings (SSSR count). The quantitative estimate of drug-likeness (QED) is 0.511. The minimum Gasteiger partial charge on any atom is -0.325 e. The van der Waals surface area contributed by atoms with Crippen LogP contribution in [0.15, 0.2) is 47.8 Å². The highest BCUT2D eigenvalue weighted by Crippen LogP contribution is 2.30. The van der Waals surface area contributed by atoms with Crippen LogP contribution < -0.4 is 5.32 Å². The molecule has 1 amide bonds. The number of hydrogen-bond acceptors (Lipinski definition) is 5. The number of aromatic nitrogens is 4. The minimum absolute atomic E-state index is 0.0101. The lowest BCUT2D eigenvalue weighted by Crippen LogP contribution is -2.15. The predicted octanol–water partition coefficient (Wildman–Crippen LogP) is 4.03. The molecule has 0 spiro atoms. The summed E-state index contributed by atoms with van der Waals surface area (Å²) in [6.45, 7) is 3.77. The number of aryl methyl sites for hydroxylation is 2. The van der Waals surface area contributed by atoms with Crippen molar-refractivity contribution in [1.82, 2.24) is 19.7 Å². The van der Waals surface area contributed by atoms with Gasteiger partial charge in [0, 0.05) is 17.4 Å². The number of amides is 1. The Morgan fingerprint density at radius 2 is 1.96 bits per heavy atom. The van der Waals surface area contributed by atoms with Crippen LogP contribution in [0.4, 0.5) is 18.9 Å². The number of nitrogens with one attached hydrogen (secondary N) is 1. The molecule has 0 unspecified atom stereocenters. The lowest BCUT2D eigenvalue weighted by Gasteiger charge is -2.10. The van der Waals surface area contributed by atoms with Gasteiger partial charge in [-0.1, -0.05) is 17.8 Å². The lowest BCUT2D eigenvalue weighted by molar-refractivity contribution is -0.137. The molecule has 2 aromatic heterocycles. The van der Waals surface area contributed by atoms with Crippen molar-refractivity contribution in [2.75, 3.05) is 11.1 Å². The Kier molecular flexibility index (Phi) is 5.68. The number of benzene rings is 1. The number of anilines is 1. The van der Waals surface area contributed by atoms with Gasteiger partial charge in [0.1, 0.15) is 11.4 Å². The molecule has 0 saturated heterocycles. The Morgan fingerprint density at radius 3 is 2.64 bits per heavy atom. The van der Waals surface area contributed by atoms with Gasteiger partial charge in [-0.25, -0.2) is 14.6 Å². The Bertz CT molecular complexity index is 1000. The minimum atomic E-state index is -4.46. The van der Waals surface area contributed by atoms with Crippen LogP contribution in [0.25, 0.3) is 5.82 Å². The highest BCUT2D eigenvalue weighted by molar-refractivity contribution is 7.99. The van der Waals surface area contributed by atoms with E-state index in [4.69, 9.17) is 0 Å². The zero-order valence-corrected chi connectivity index (χ0v) is 15.8. The summed E-state index contributed by atoms with van der Waals surface area (Å²) < 4.78 is 39.9. The van der Waals surface area contributed by atoms with Gasteiger partial charge < -0.3 is 5.32 Å². The molecule has 0 atom stereocenters. The Labute approximate surface area is 163 Å². The molecule has 0 radical (unpaired) electrons. The maximum Gasteiger partial charge on any atom is 0.416 e. The SMILES string of the molecule is Cc1cc(C)n(-c2cc(SCC(=O)Nc3cccc(C(F)(F)F)c3)ncn2)n1. The van der Waals surface area contributed by atoms with Gasteiger partial charge in [0.15, 0.2) is 5.82 Å². The van der Waals surface area contributed by atoms with Crippen molar-refractivity contribution < 1.29 is 18.0 Å². The first-order chi connectivity index (χ1) is 13.2. The van der Waals surface area contributed by atoms with E-state index in [0.29, 0.717) is 10.8 Å². The summed E-state index contributed by atoms with van der Waals surface area (Å²) in [6, 6.07) is 8.11. The van der Waals surface area contributed by atoms with Crippen molar-refractivity contribution in [1.29, 1.82) is 0 Å². The van der Waals surface area contributed by atoms with Crippen molar-refractivity contribution in [3.05, 3.63) is 59.7 Å². The number of halogens is 3. The average molecular weight is 407 g/mol. The molecule has 1 aromatic carbocycles. The molecule has 0 aliphatic rings. The van der Waals surface area contributed by atoms with E-state index in [9.17, 15) is 18.0 Å². The smallest absolute Gasteiger partial charge is 0.325 e. The number of nitrogens with zero attached hydrogens (tertiary/aromatic N) is 4. The first-order valence-electron chi connectivity index (χ1n) is 8.18. The number of carbonyl (C=O) groups excluding carboxylic acids is 1. The largest absolute Gasteiger partial charge is 0.416 e. The third kappa shape index (κ3) is 4.89. The molecule has 0 aliphatic carbocycles. The van der Waals surface area contributed by atoms with Crippen molar-refractivity contribution in [3.8, 4) is 5.82 Å². The average Bonchev–Trinajstić information content (AvgIpc) is 2.98. The highest BCUT2D eigenvalue weighted by atomic mass is 32.2. The van der Waals surface area contributed by atoms with E-state index in [-0.39, 0.29) is 11.4 Å². The van der Waals surface area contributed by atoms with Crippen LogP contribution in [0.3, 0.4) is 0 Å². The molecule has 6 nitrogen and oxygen atoms in total. The van der Waals surface area contributed by atoms with E-state index >= 15 is 0 Å². The Hall–Kier alpha value is -2.88. The number of hydrogen-bond donors (Lipinski definition) is 1. The van der Waals surface area contributed by atoms with Crippen LogP contribution in [0, 0.1) is 13.8 Å². The zero-order chi connectivity index (χ0) is 20.3. The fraction of sp³-hybridized carbons (Fsp3) is 0.222. The van der Waals surface area contributed by atoms with E-state index in [1.54, 1.807) is 10.7 Å². The number of carbonyl (C=O) groups is 1. The summed E-state index contributed by atoms with van der Waals surface area (Å²) in [5.74, 6) is 0.126. The molecule has 0 saturated carbocycles. The van der Waals surface area contributed by atoms with Crippen LogP contribution in [0.1, 0.15) is 17.0 Å². The summed E-state index contributed by atoms with van der Waals surface area (Å²) in [5.41, 5.74) is 1.04. The Balaban J connectivity index is 1.64. The van der Waals surface area contributed by atoms with Crippen LogP contribution in [-0.2, 0) is 11.0 Å². The number of thioether (sulfide) groups is 1. The number of alkyl halides is 3. The predicted molar refractivity (Wildman–Crippen MR) is 99.4 cm³/mol. The van der Waals surface area contributed by atoms with Gasteiger partial charge in [0.05, 0.1) is 17.0 Å². The molecule has 10 heteroatoms. The van der Waals surface area contributed by atoms with Crippen molar-refractivity contribution in [2.45, 2.75) is 25.0 Å². The molecule has 0 fully saturated rings. The van der Waals surface area contributed by atoms with E-state index in [2.05, 4.69) is 20.4 Å². The Morgan fingerprint density at radius 1 is 1.18 bits per heavy atom. The zero-order valence-electron chi connectivity index (χ0n) is 15.0. The normalized spacial score (nSPS) is 11.5. The van der Waals surface area contributed by atoms with Crippen LogP contribution >= 0.6 is 11.8 Å². The van der Waals surface area contributed by atoms with Gasteiger partial charge >= 0.3 is 6.18 Å². The topological polar surface area (TPSA) is 72.7 Å². The second-order valence-electron chi connectivity index (χ2n) is 5.97. The van der Waals surface area contributed by atoms with Gasteiger partial charge in [-0.05, 0) is 38.1 Å². The van der Waals surface area contributed by atoms with Gasteiger partial charge in [-0.2, -0.15) is 18.3 Å². The summed E-state index contributed by atoms with van der Waals surface area (Å²) in [7, 11) is 0. The summed E-state index contributed by atoms with van der Waals surface area (Å²) >= 11 is 1.15. The van der Waals surface area contributed by atoms with E-state index in [1.165, 1.54) is 18.5 Å². The third-order valence-electron chi connectivity index (χ3n) is 3.68. The maximum absolute atomic E-state index is 12.7. The fourth-order valence-corrected chi connectivity index (χ4v) is 3.16. The number of rotatable bonds is 5. The van der Waals surface area contributed by atoms with Gasteiger partial charge in [0.2, 0.25) is 5.91 Å². The molecular weight excluding hydrogens is 391 g/mol. The molecular formula is C18H16F3N5OS. The van der Waals surface area contributed by atoms with Crippen LogP contribution in [-0.4, -0.2) is 31.4 Å². The summed E-state index contributed by atoms with van der Waals surface area (Å²) in [5, 5.41) is 7.36. The van der Waals surface area contributed by atoms with Crippen molar-refractivity contribution in [2.24, 2.45) is 0 Å². The molecule has 28 heavy (non-hydrogen) atoms. The molecule has 1 N–H and O–H groups in total. The maximum atomic E-state index is 12.7. The second kappa shape index (κ2) is 8.01. The van der Waals surface area contributed by atoms with Crippen LogP contribution in [0.5, 0.6) is 0 Å². The molecule has 146 valence electrons. The molecule has 0 aliphatic heterocycles. The second-order valence-corrected chi connectivity index (χ2v) is 6.96. The molecule has 0 bridgehead atoms. The summed E-state index contributed by atoms with van der Waals surface area (Å²) in [6.07, 6.45) is -3.09. The molecule has 2 heterocycles. The van der Waals surface area contributed by atoms with Crippen molar-refractivity contribution in [3.63, 3.8) is 0 Å². The van der Waals surface area contributed by atoms with E-state index in [1.807, 2.05) is 19.9 Å². The van der Waals surface area contributed by atoms with E-state index in [0.717, 1.165) is 35.3 Å². The van der Waals surface area contributed by atoms with Gasteiger partial charge in [-0.3, -0.25) is 4.79 Å². The van der Waals surface area contributed by atoms with E-state index < -0.39 is 17.6 Å². The van der Waals surface area contributed by atoms with Gasteiger partial charge in [-0.15, -0.1) is 0 Å². The van der Waals surface area contributed by atoms with Gasteiger partial charge in [0.25, 0.3) is 0 Å². The third-order valence-corrected chi connectivity index (χ3v) is 4.60.